The highest BCUT2D eigenvalue weighted by Crippen LogP contribution is 2.26. The van der Waals surface area contributed by atoms with Crippen LogP contribution in [0, 0.1) is 0 Å². The summed E-state index contributed by atoms with van der Waals surface area (Å²) in [6.45, 7) is 0. The van der Waals surface area contributed by atoms with Gasteiger partial charge in [0.1, 0.15) is 0 Å². The molecule has 1 aromatic carbocycles. The molecule has 0 saturated heterocycles. The average Bonchev–Trinajstić information content (AvgIpc) is 2.85. The molecular weight excluding hydrogens is 248 g/mol. The highest BCUT2D eigenvalue weighted by molar-refractivity contribution is 7.13. The first-order valence-electron chi connectivity index (χ1n) is 5.62. The Kier molecular flexibility index (Phi) is 3.94. The van der Waals surface area contributed by atoms with E-state index in [9.17, 15) is 4.79 Å². The van der Waals surface area contributed by atoms with Gasteiger partial charge >= 0.3 is 5.97 Å². The number of aryl methyl sites for hydroxylation is 1. The van der Waals surface area contributed by atoms with Crippen molar-refractivity contribution in [1.29, 1.82) is 0 Å². The Morgan fingerprint density at radius 2 is 2.11 bits per heavy atom. The topological polar surface area (TPSA) is 53.4 Å². The van der Waals surface area contributed by atoms with Crippen LogP contribution in [0.4, 0.5) is 10.8 Å². The number of hydrogen-bond donors (Lipinski definition) is 1. The van der Waals surface area contributed by atoms with Gasteiger partial charge in [0.2, 0.25) is 0 Å². The summed E-state index contributed by atoms with van der Waals surface area (Å²) in [5, 5.41) is 11.4. The van der Waals surface area contributed by atoms with Gasteiger partial charge in [-0.1, -0.05) is 18.2 Å². The zero-order valence-corrected chi connectivity index (χ0v) is 10.9. The Hall–Kier alpha value is -1.88. The first-order chi connectivity index (χ1) is 8.66. The number of rotatable bonds is 5. The average molecular weight is 262 g/mol. The van der Waals surface area contributed by atoms with Crippen LogP contribution in [-0.4, -0.2) is 23.1 Å². The molecule has 0 aliphatic heterocycles. The van der Waals surface area contributed by atoms with Crippen molar-refractivity contribution in [3.8, 4) is 0 Å². The minimum absolute atomic E-state index is 0.123. The number of para-hydroxylation sites is 1. The van der Waals surface area contributed by atoms with Gasteiger partial charge in [-0.3, -0.25) is 4.79 Å². The fourth-order valence-electron chi connectivity index (χ4n) is 1.56. The third-order valence-electron chi connectivity index (χ3n) is 2.57. The molecule has 94 valence electrons. The van der Waals surface area contributed by atoms with E-state index in [-0.39, 0.29) is 6.42 Å². The molecule has 2 aromatic rings. The molecule has 0 saturated carbocycles. The molecule has 0 fully saturated rings. The van der Waals surface area contributed by atoms with Gasteiger partial charge in [-0.2, -0.15) is 0 Å². The summed E-state index contributed by atoms with van der Waals surface area (Å²) in [7, 11) is 1.95. The maximum absolute atomic E-state index is 10.5. The van der Waals surface area contributed by atoms with Gasteiger partial charge in [0.05, 0.1) is 12.1 Å². The minimum atomic E-state index is -0.791. The SMILES string of the molecule is CN(c1ccccc1)c1nc(CCC(=O)O)cs1. The lowest BCUT2D eigenvalue weighted by atomic mass is 10.2. The number of anilines is 2. The van der Waals surface area contributed by atoms with E-state index < -0.39 is 5.97 Å². The van der Waals surface area contributed by atoms with Gasteiger partial charge in [0.15, 0.2) is 5.13 Å². The number of nitrogens with zero attached hydrogens (tertiary/aromatic N) is 2. The molecular formula is C13H14N2O2S. The van der Waals surface area contributed by atoms with Crippen LogP contribution >= 0.6 is 11.3 Å². The summed E-state index contributed by atoms with van der Waals surface area (Å²) in [4.78, 5) is 16.9. The fourth-order valence-corrected chi connectivity index (χ4v) is 2.41. The van der Waals surface area contributed by atoms with Crippen LogP contribution in [-0.2, 0) is 11.2 Å². The molecule has 0 amide bonds. The number of carbonyl (C=O) groups is 1. The van der Waals surface area contributed by atoms with E-state index in [1.165, 1.54) is 11.3 Å². The predicted molar refractivity (Wildman–Crippen MR) is 72.6 cm³/mol. The van der Waals surface area contributed by atoms with Crippen LogP contribution < -0.4 is 4.90 Å². The van der Waals surface area contributed by atoms with Gasteiger partial charge < -0.3 is 10.0 Å². The number of benzene rings is 1. The van der Waals surface area contributed by atoms with Crippen LogP contribution in [0.5, 0.6) is 0 Å². The van der Waals surface area contributed by atoms with Crippen molar-refractivity contribution in [2.45, 2.75) is 12.8 Å². The molecule has 4 nitrogen and oxygen atoms in total. The van der Waals surface area contributed by atoms with Gasteiger partial charge in [0, 0.05) is 24.5 Å². The van der Waals surface area contributed by atoms with Crippen molar-refractivity contribution < 1.29 is 9.90 Å². The normalized spacial score (nSPS) is 10.3. The molecule has 18 heavy (non-hydrogen) atoms. The lowest BCUT2D eigenvalue weighted by molar-refractivity contribution is -0.136. The molecule has 0 atom stereocenters. The molecule has 1 N–H and O–H groups in total. The Labute approximate surface area is 110 Å². The molecule has 1 aromatic heterocycles. The summed E-state index contributed by atoms with van der Waals surface area (Å²) in [6.07, 6.45) is 0.604. The standard InChI is InChI=1S/C13H14N2O2S/c1-15(11-5-3-2-4-6-11)13-14-10(9-18-13)7-8-12(16)17/h2-6,9H,7-8H2,1H3,(H,16,17). The van der Waals surface area contributed by atoms with Gasteiger partial charge in [-0.15, -0.1) is 11.3 Å². The summed E-state index contributed by atoms with van der Waals surface area (Å²) < 4.78 is 0. The molecule has 5 heteroatoms. The van der Waals surface area contributed by atoms with E-state index >= 15 is 0 Å². The van der Waals surface area contributed by atoms with Crippen LogP contribution in [0.1, 0.15) is 12.1 Å². The lowest BCUT2D eigenvalue weighted by Crippen LogP contribution is -2.09. The fraction of sp³-hybridized carbons (Fsp3) is 0.231. The van der Waals surface area contributed by atoms with Crippen LogP contribution in [0.3, 0.4) is 0 Å². The van der Waals surface area contributed by atoms with E-state index in [0.717, 1.165) is 16.5 Å². The second-order valence-corrected chi connectivity index (χ2v) is 4.75. The minimum Gasteiger partial charge on any atom is -0.481 e. The Morgan fingerprint density at radius 1 is 1.39 bits per heavy atom. The molecule has 0 unspecified atom stereocenters. The smallest absolute Gasteiger partial charge is 0.303 e. The first-order valence-corrected chi connectivity index (χ1v) is 6.50. The highest BCUT2D eigenvalue weighted by Gasteiger charge is 2.09. The van der Waals surface area contributed by atoms with Gasteiger partial charge in [0.25, 0.3) is 0 Å². The summed E-state index contributed by atoms with van der Waals surface area (Å²) in [6, 6.07) is 9.95. The van der Waals surface area contributed by atoms with Crippen molar-refractivity contribution >= 4 is 28.1 Å². The highest BCUT2D eigenvalue weighted by atomic mass is 32.1. The number of aliphatic carboxylic acids is 1. The number of hydrogen-bond acceptors (Lipinski definition) is 4. The molecule has 1 heterocycles. The summed E-state index contributed by atoms with van der Waals surface area (Å²) in [5.74, 6) is -0.791. The van der Waals surface area contributed by atoms with E-state index in [1.54, 1.807) is 0 Å². The van der Waals surface area contributed by atoms with E-state index in [0.29, 0.717) is 6.42 Å². The second-order valence-electron chi connectivity index (χ2n) is 3.91. The molecule has 0 bridgehead atoms. The van der Waals surface area contributed by atoms with E-state index in [2.05, 4.69) is 4.98 Å². The van der Waals surface area contributed by atoms with Crippen molar-refractivity contribution in [3.05, 3.63) is 41.4 Å². The van der Waals surface area contributed by atoms with E-state index in [1.807, 2.05) is 47.7 Å². The quantitative estimate of drug-likeness (QED) is 0.900. The van der Waals surface area contributed by atoms with E-state index in [4.69, 9.17) is 5.11 Å². The maximum Gasteiger partial charge on any atom is 0.303 e. The van der Waals surface area contributed by atoms with Crippen LogP contribution in [0.2, 0.25) is 0 Å². The number of aromatic nitrogens is 1. The monoisotopic (exact) mass is 262 g/mol. The molecule has 2 rings (SSSR count). The zero-order chi connectivity index (χ0) is 13.0. The first kappa shape index (κ1) is 12.6. The summed E-state index contributed by atoms with van der Waals surface area (Å²) >= 11 is 1.53. The van der Waals surface area contributed by atoms with Gasteiger partial charge in [-0.25, -0.2) is 4.98 Å². The predicted octanol–water partition coefficient (Wildman–Crippen LogP) is 2.93. The molecule has 0 aliphatic rings. The largest absolute Gasteiger partial charge is 0.481 e. The third kappa shape index (κ3) is 3.07. The number of thiazole rings is 1. The Bertz CT molecular complexity index is 525. The molecule has 0 aliphatic carbocycles. The van der Waals surface area contributed by atoms with Crippen molar-refractivity contribution in [2.24, 2.45) is 0 Å². The third-order valence-corrected chi connectivity index (χ3v) is 3.53. The van der Waals surface area contributed by atoms with Crippen LogP contribution in [0.15, 0.2) is 35.7 Å². The van der Waals surface area contributed by atoms with Crippen molar-refractivity contribution in [1.82, 2.24) is 4.98 Å². The Morgan fingerprint density at radius 3 is 2.78 bits per heavy atom. The number of carboxylic acids is 1. The van der Waals surface area contributed by atoms with Crippen LogP contribution in [0.25, 0.3) is 0 Å². The van der Waals surface area contributed by atoms with Crippen molar-refractivity contribution in [3.63, 3.8) is 0 Å². The molecule has 0 spiro atoms. The maximum atomic E-state index is 10.5. The Balaban J connectivity index is 2.08. The van der Waals surface area contributed by atoms with Crippen molar-refractivity contribution in [2.75, 3.05) is 11.9 Å². The number of carboxylic acid groups (broad SMARTS) is 1. The van der Waals surface area contributed by atoms with Gasteiger partial charge in [-0.05, 0) is 12.1 Å². The molecule has 0 radical (unpaired) electrons. The second kappa shape index (κ2) is 5.64. The summed E-state index contributed by atoms with van der Waals surface area (Å²) in [5.41, 5.74) is 1.90. The zero-order valence-electron chi connectivity index (χ0n) is 10.0. The lowest BCUT2D eigenvalue weighted by Gasteiger charge is -2.15.